The second kappa shape index (κ2) is 5.46. The van der Waals surface area contributed by atoms with Crippen molar-refractivity contribution in [3.05, 3.63) is 58.5 Å². The van der Waals surface area contributed by atoms with E-state index in [1.54, 1.807) is 39.2 Å². The molecule has 6 nitrogen and oxygen atoms in total. The van der Waals surface area contributed by atoms with E-state index < -0.39 is 10.0 Å². The maximum Gasteiger partial charge on any atom is 0.250 e. The molecular formula is C17H19N3O3S. The molecule has 2 N–H and O–H groups in total. The number of fused-ring (bicyclic) bond motifs is 4. The maximum absolute atomic E-state index is 13.0. The summed E-state index contributed by atoms with van der Waals surface area (Å²) < 4.78 is 29.2. The summed E-state index contributed by atoms with van der Waals surface area (Å²) in [7, 11) is -3.57. The lowest BCUT2D eigenvalue weighted by Gasteiger charge is -2.42. The molecule has 126 valence electrons. The van der Waals surface area contributed by atoms with Crippen molar-refractivity contribution in [2.75, 3.05) is 18.8 Å². The fourth-order valence-corrected chi connectivity index (χ4v) is 5.49. The maximum atomic E-state index is 13.0. The first-order chi connectivity index (χ1) is 11.4. The van der Waals surface area contributed by atoms with Crippen molar-refractivity contribution < 1.29 is 8.42 Å². The van der Waals surface area contributed by atoms with Gasteiger partial charge in [0.25, 0.3) is 5.56 Å². The molecule has 24 heavy (non-hydrogen) atoms. The molecule has 2 aliphatic heterocycles. The summed E-state index contributed by atoms with van der Waals surface area (Å²) >= 11 is 0. The van der Waals surface area contributed by atoms with Crippen LogP contribution in [0.25, 0.3) is 0 Å². The largest absolute Gasteiger partial charge is 0.399 e. The monoisotopic (exact) mass is 345 g/mol. The topological polar surface area (TPSA) is 85.4 Å². The van der Waals surface area contributed by atoms with E-state index in [9.17, 15) is 13.2 Å². The van der Waals surface area contributed by atoms with Crippen molar-refractivity contribution in [1.82, 2.24) is 8.87 Å². The van der Waals surface area contributed by atoms with Gasteiger partial charge >= 0.3 is 0 Å². The highest BCUT2D eigenvalue weighted by atomic mass is 32.2. The van der Waals surface area contributed by atoms with E-state index in [-0.39, 0.29) is 22.3 Å². The highest BCUT2D eigenvalue weighted by Crippen LogP contribution is 2.37. The molecule has 0 unspecified atom stereocenters. The van der Waals surface area contributed by atoms with Crippen molar-refractivity contribution in [3.63, 3.8) is 0 Å². The van der Waals surface area contributed by atoms with Crippen molar-refractivity contribution in [3.8, 4) is 0 Å². The first-order valence-corrected chi connectivity index (χ1v) is 9.44. The van der Waals surface area contributed by atoms with Gasteiger partial charge in [0.15, 0.2) is 0 Å². The summed E-state index contributed by atoms with van der Waals surface area (Å²) in [5, 5.41) is 0. The average Bonchev–Trinajstić information content (AvgIpc) is 2.56. The van der Waals surface area contributed by atoms with Gasteiger partial charge in [-0.3, -0.25) is 4.79 Å². The third-order valence-electron chi connectivity index (χ3n) is 4.94. The molecule has 0 amide bonds. The van der Waals surface area contributed by atoms with Gasteiger partial charge in [-0.2, -0.15) is 4.31 Å². The lowest BCUT2D eigenvalue weighted by Crippen LogP contribution is -2.49. The third-order valence-corrected chi connectivity index (χ3v) is 6.77. The first-order valence-electron chi connectivity index (χ1n) is 8.00. The Morgan fingerprint density at radius 2 is 1.83 bits per heavy atom. The van der Waals surface area contributed by atoms with E-state index in [4.69, 9.17) is 5.73 Å². The molecule has 2 aromatic rings. The van der Waals surface area contributed by atoms with Crippen LogP contribution < -0.4 is 11.3 Å². The van der Waals surface area contributed by atoms with Crippen LogP contribution in [0.4, 0.5) is 5.69 Å². The van der Waals surface area contributed by atoms with E-state index in [0.717, 1.165) is 12.1 Å². The summed E-state index contributed by atoms with van der Waals surface area (Å²) in [4.78, 5) is 12.3. The molecule has 7 heteroatoms. The first kappa shape index (κ1) is 15.4. The van der Waals surface area contributed by atoms with Gasteiger partial charge in [0.1, 0.15) is 0 Å². The Kier molecular flexibility index (Phi) is 3.51. The van der Waals surface area contributed by atoms with E-state index in [1.807, 2.05) is 6.07 Å². The number of hydrogen-bond acceptors (Lipinski definition) is 4. The smallest absolute Gasteiger partial charge is 0.250 e. The summed E-state index contributed by atoms with van der Waals surface area (Å²) in [5.41, 5.74) is 7.10. The Labute approximate surface area is 140 Å². The zero-order valence-electron chi connectivity index (χ0n) is 13.1. The number of piperidine rings is 1. The van der Waals surface area contributed by atoms with Crippen LogP contribution in [0.3, 0.4) is 0 Å². The summed E-state index contributed by atoms with van der Waals surface area (Å²) in [6.07, 6.45) is 0.923. The highest BCUT2D eigenvalue weighted by molar-refractivity contribution is 7.89. The van der Waals surface area contributed by atoms with Crippen LogP contribution in [0, 0.1) is 5.92 Å². The van der Waals surface area contributed by atoms with E-state index in [1.165, 1.54) is 6.07 Å². The number of nitrogens with zero attached hydrogens (tertiary/aromatic N) is 2. The van der Waals surface area contributed by atoms with Crippen molar-refractivity contribution in [2.45, 2.75) is 23.8 Å². The summed E-state index contributed by atoms with van der Waals surface area (Å²) in [5.74, 6) is 0.217. The minimum absolute atomic E-state index is 0.00524. The van der Waals surface area contributed by atoms with Crippen LogP contribution >= 0.6 is 0 Å². The van der Waals surface area contributed by atoms with Crippen LogP contribution in [0.2, 0.25) is 0 Å². The molecule has 0 radical (unpaired) electrons. The highest BCUT2D eigenvalue weighted by Gasteiger charge is 2.39. The molecule has 1 fully saturated rings. The van der Waals surface area contributed by atoms with Gasteiger partial charge in [-0.15, -0.1) is 0 Å². The van der Waals surface area contributed by atoms with Gasteiger partial charge in [0.2, 0.25) is 10.0 Å². The fourth-order valence-electron chi connectivity index (χ4n) is 3.87. The predicted octanol–water partition coefficient (Wildman–Crippen LogP) is 1.24. The molecule has 4 rings (SSSR count). The molecule has 1 aromatic carbocycles. The van der Waals surface area contributed by atoms with Crippen molar-refractivity contribution in [2.24, 2.45) is 5.92 Å². The molecule has 2 aliphatic rings. The molecule has 0 saturated carbocycles. The Morgan fingerprint density at radius 3 is 2.62 bits per heavy atom. The molecule has 2 bridgehead atoms. The zero-order valence-corrected chi connectivity index (χ0v) is 13.9. The summed E-state index contributed by atoms with van der Waals surface area (Å²) in [6.45, 7) is 1.42. The standard InChI is InChI=1S/C17H19N3O3S/c18-14-3-1-4-15(8-14)24(22,23)19-9-12-7-13(11-19)16-5-2-6-17(21)20(16)10-12/h1-6,8,12-13H,7,9-11,18H2/t12-,13-/m0/s1. The summed E-state index contributed by atoms with van der Waals surface area (Å²) in [6, 6.07) is 11.6. The number of nitrogen functional groups attached to an aromatic ring is 1. The van der Waals surface area contributed by atoms with Gasteiger partial charge in [-0.25, -0.2) is 8.42 Å². The normalized spacial score (nSPS) is 23.7. The fraction of sp³-hybridized carbons (Fsp3) is 0.353. The van der Waals surface area contributed by atoms with E-state index in [2.05, 4.69) is 0 Å². The number of hydrogen-bond donors (Lipinski definition) is 1. The van der Waals surface area contributed by atoms with Crippen LogP contribution in [0.5, 0.6) is 0 Å². The van der Waals surface area contributed by atoms with Gasteiger partial charge < -0.3 is 10.3 Å². The molecule has 0 spiro atoms. The number of benzene rings is 1. The van der Waals surface area contributed by atoms with Crippen molar-refractivity contribution >= 4 is 15.7 Å². The molecule has 0 aliphatic carbocycles. The second-order valence-electron chi connectivity index (χ2n) is 6.59. The zero-order chi connectivity index (χ0) is 16.9. The second-order valence-corrected chi connectivity index (χ2v) is 8.53. The van der Waals surface area contributed by atoms with Gasteiger partial charge in [-0.1, -0.05) is 12.1 Å². The molecule has 2 atom stereocenters. The lowest BCUT2D eigenvalue weighted by atomic mass is 9.84. The Balaban J connectivity index is 1.70. The van der Waals surface area contributed by atoms with E-state index in [0.29, 0.717) is 25.3 Å². The van der Waals surface area contributed by atoms with Gasteiger partial charge in [0.05, 0.1) is 4.90 Å². The number of anilines is 1. The van der Waals surface area contributed by atoms with Crippen LogP contribution in [-0.2, 0) is 16.6 Å². The number of pyridine rings is 1. The minimum Gasteiger partial charge on any atom is -0.399 e. The Morgan fingerprint density at radius 1 is 1.04 bits per heavy atom. The van der Waals surface area contributed by atoms with Crippen LogP contribution in [0.1, 0.15) is 18.0 Å². The van der Waals surface area contributed by atoms with Crippen molar-refractivity contribution in [1.29, 1.82) is 0 Å². The molecule has 1 saturated heterocycles. The predicted molar refractivity (Wildman–Crippen MR) is 91.2 cm³/mol. The van der Waals surface area contributed by atoms with Crippen LogP contribution in [0.15, 0.2) is 52.2 Å². The van der Waals surface area contributed by atoms with Gasteiger partial charge in [-0.05, 0) is 36.6 Å². The third kappa shape index (κ3) is 2.44. The lowest BCUT2D eigenvalue weighted by molar-refractivity contribution is 0.186. The molecular weight excluding hydrogens is 326 g/mol. The van der Waals surface area contributed by atoms with E-state index >= 15 is 0 Å². The minimum atomic E-state index is -3.57. The Hall–Kier alpha value is -2.12. The quantitative estimate of drug-likeness (QED) is 0.830. The SMILES string of the molecule is Nc1cccc(S(=O)(=O)N2C[C@@H]3C[C@@H](C2)c2cccc(=O)n2C3)c1. The number of sulfonamides is 1. The average molecular weight is 345 g/mol. The Bertz CT molecular complexity index is 952. The van der Waals surface area contributed by atoms with Gasteiger partial charge in [0, 0.05) is 43.0 Å². The number of rotatable bonds is 2. The number of nitrogens with two attached hydrogens (primary N) is 1. The van der Waals surface area contributed by atoms with Crippen LogP contribution in [-0.4, -0.2) is 30.4 Å². The number of aromatic nitrogens is 1. The molecule has 3 heterocycles. The molecule has 1 aromatic heterocycles.